The van der Waals surface area contributed by atoms with E-state index in [1.54, 1.807) is 47.1 Å². The summed E-state index contributed by atoms with van der Waals surface area (Å²) in [6.07, 6.45) is 12.9. The second kappa shape index (κ2) is 23.7. The van der Waals surface area contributed by atoms with Gasteiger partial charge in [0.05, 0.1) is 47.7 Å². The minimum Gasteiger partial charge on any atom is -0.504 e. The summed E-state index contributed by atoms with van der Waals surface area (Å²) in [5, 5.41) is 63.5. The van der Waals surface area contributed by atoms with E-state index in [0.717, 1.165) is 93.4 Å². The van der Waals surface area contributed by atoms with Crippen molar-refractivity contribution in [1.29, 1.82) is 0 Å². The van der Waals surface area contributed by atoms with Crippen LogP contribution in [0.25, 0.3) is 0 Å². The molecule has 6 unspecified atom stereocenters. The molecule has 4 aromatic carbocycles. The second-order valence-corrected chi connectivity index (χ2v) is 32.9. The van der Waals surface area contributed by atoms with Crippen LogP contribution < -0.4 is 33.2 Å². The Morgan fingerprint density at radius 3 is 1.57 bits per heavy atom. The zero-order valence-electron chi connectivity index (χ0n) is 60.2. The van der Waals surface area contributed by atoms with Gasteiger partial charge in [-0.1, -0.05) is 52.8 Å². The summed E-state index contributed by atoms with van der Waals surface area (Å²) >= 11 is 0. The van der Waals surface area contributed by atoms with Crippen molar-refractivity contribution in [3.8, 4) is 46.0 Å². The number of carboxylic acids is 1. The van der Waals surface area contributed by atoms with E-state index >= 15 is 0 Å². The maximum atomic E-state index is 13.4. The lowest BCUT2D eigenvalue weighted by Gasteiger charge is -2.62. The molecular formula is C79H92N6O19. The van der Waals surface area contributed by atoms with E-state index in [4.69, 9.17) is 57.4 Å². The monoisotopic (exact) mass is 1430 g/mol. The molecule has 8 bridgehead atoms. The van der Waals surface area contributed by atoms with E-state index in [0.29, 0.717) is 95.9 Å². The molecule has 0 aromatic heterocycles. The van der Waals surface area contributed by atoms with Crippen LogP contribution in [0.4, 0.5) is 4.79 Å². The number of nitrogens with zero attached hydrogens (tertiary/aromatic N) is 6. The number of carbonyl (C=O) groups is 3. The zero-order valence-corrected chi connectivity index (χ0v) is 60.2. The Balaban J connectivity index is 0.000000118. The Morgan fingerprint density at radius 1 is 0.558 bits per heavy atom. The van der Waals surface area contributed by atoms with Gasteiger partial charge in [0.1, 0.15) is 23.9 Å². The van der Waals surface area contributed by atoms with Gasteiger partial charge in [-0.2, -0.15) is 0 Å². The number of piperidine rings is 4. The zero-order chi connectivity index (χ0) is 72.3. The van der Waals surface area contributed by atoms with Gasteiger partial charge in [-0.3, -0.25) is 0 Å². The number of hydrogen-bond acceptors (Lipinski definition) is 24. The van der Waals surface area contributed by atoms with Gasteiger partial charge in [0, 0.05) is 69.1 Å². The van der Waals surface area contributed by atoms with Gasteiger partial charge in [0.2, 0.25) is 13.2 Å². The molecule has 16 aliphatic rings. The third kappa shape index (κ3) is 9.18. The number of aliphatic hydroxyl groups excluding tert-OH is 1. The van der Waals surface area contributed by atoms with Crippen molar-refractivity contribution in [1.82, 2.24) is 19.6 Å². The lowest BCUT2D eigenvalue weighted by molar-refractivity contribution is -0.163. The normalized spacial score (nSPS) is 37.8. The SMILES string of the molecule is CN1CC[C@]23c4c5ccc(OC(=O)OC(C)(C)C)c4O[C@H]2[C@@H](O)C=CC3C1C5.COc1ccc2c3c1O[C@H]1/C(=N/OCC(=O)O)CC[C@@]4(O)C(C2)N(C)CC[C@]314.COc1ccc2c3c1O[C@H]1/C(=N/OCC(=O)O[C@H]4C=CC5C6Cc7ccc(O)c8c7[C@@]5(CCN6C)[C@H]4O8)CC[C@@]4(O)C(C2)N(C)CC[C@]314. The number of likely N-dealkylation sites (tertiary alicyclic amines) is 4. The fourth-order valence-electron chi connectivity index (χ4n) is 23.1. The quantitative estimate of drug-likeness (QED) is 0.0500. The molecule has 8 aliphatic heterocycles. The van der Waals surface area contributed by atoms with Gasteiger partial charge in [-0.15, -0.1) is 0 Å². The molecule has 20 rings (SSSR count). The number of hydrogen-bond donors (Lipinski definition) is 5. The van der Waals surface area contributed by atoms with E-state index in [1.807, 2.05) is 36.4 Å². The third-order valence-corrected chi connectivity index (χ3v) is 27.3. The van der Waals surface area contributed by atoms with Crippen LogP contribution in [-0.2, 0) is 76.1 Å². The average Bonchev–Trinajstić information content (AvgIpc) is 1.47. The lowest BCUT2D eigenvalue weighted by Crippen LogP contribution is -2.76. The van der Waals surface area contributed by atoms with Crippen molar-refractivity contribution >= 4 is 29.5 Å². The van der Waals surface area contributed by atoms with E-state index < -0.39 is 82.9 Å². The van der Waals surface area contributed by atoms with E-state index in [9.17, 15) is 34.8 Å². The van der Waals surface area contributed by atoms with E-state index in [2.05, 4.69) is 82.4 Å². The van der Waals surface area contributed by atoms with E-state index in [-0.39, 0.29) is 53.2 Å². The summed E-state index contributed by atoms with van der Waals surface area (Å²) in [6, 6.07) is 16.3. The number of aromatic hydroxyl groups is 1. The third-order valence-electron chi connectivity index (χ3n) is 27.3. The number of esters is 1. The topological polar surface area (TPSA) is 292 Å². The van der Waals surface area contributed by atoms with Crippen molar-refractivity contribution in [2.45, 2.75) is 197 Å². The summed E-state index contributed by atoms with van der Waals surface area (Å²) < 4.78 is 54.1. The second-order valence-electron chi connectivity index (χ2n) is 32.9. The molecule has 8 aliphatic carbocycles. The number of benzene rings is 4. The minimum absolute atomic E-state index is 0.000632. The number of methoxy groups -OCH3 is 2. The number of phenolic OH excluding ortho intramolecular Hbond substituents is 1. The Kier molecular flexibility index (Phi) is 15.4. The van der Waals surface area contributed by atoms with Gasteiger partial charge < -0.3 is 97.4 Å². The molecule has 25 nitrogen and oxygen atoms in total. The van der Waals surface area contributed by atoms with E-state index in [1.165, 1.54) is 22.3 Å². The van der Waals surface area contributed by atoms with Crippen LogP contribution in [-0.4, -0.2) is 234 Å². The van der Waals surface area contributed by atoms with Crippen molar-refractivity contribution < 1.29 is 92.2 Å². The minimum atomic E-state index is -1.08. The number of oxime groups is 2. The number of carbonyl (C=O) groups excluding carboxylic acids is 2. The predicted molar refractivity (Wildman–Crippen MR) is 375 cm³/mol. The highest BCUT2D eigenvalue weighted by Crippen LogP contribution is 2.69. The molecule has 0 radical (unpaired) electrons. The van der Waals surface area contributed by atoms with Crippen molar-refractivity contribution in [3.63, 3.8) is 0 Å². The van der Waals surface area contributed by atoms with Gasteiger partial charge >= 0.3 is 18.1 Å². The summed E-state index contributed by atoms with van der Waals surface area (Å²) in [5.41, 5.74) is 5.91. The molecule has 2 saturated carbocycles. The standard InChI is InChI=1S/C37H41N3O8.C22H27NO5.C20H24N2O6/c1-39-14-12-35-21-6-9-26(34(35)47-31-24(41)7-4-19(29(31)35)16-23(21)39)46-28(42)18-45-38-22-10-11-37(43)27-17-20-5-8-25(44-3)32-30(20)36(37,33(22)48-32)13-15-40(27)2;1-21(2,3)28-20(25)26-16-8-5-12-11-14-13-6-7-15(24)19-22(13,9-10-23(14)4)17(12)18(16)27-19;1-22-8-7-19-16-11-3-4-13(26-2)17(16)28-18(19)12(21-27-10-15(23)24)5-6-20(19,25)14(22)9-11/h4-9,21,23,26-27,33-34,41,43H,10-18H2,1-3H3;5-8,13-15,19,24H,9-11H2,1-4H3;3-4,14,18,25H,5-10H2,1-2H3,(H,23,24)/b38-22+;;21-12+/t21?,23?,26-,27?,33-,34-,35-,36-,37+;13?,14?,15-,19-,22-;14?,18-,19-,20+/m000/s1. The molecule has 5 N–H and O–H groups in total. The lowest BCUT2D eigenvalue weighted by atomic mass is 9.49. The summed E-state index contributed by atoms with van der Waals surface area (Å²) in [7, 11) is 11.7. The number of aliphatic hydroxyl groups is 3. The first-order valence-corrected chi connectivity index (χ1v) is 36.9. The number of carboxylic acid groups (broad SMARTS) is 1. The number of ether oxygens (including phenoxy) is 9. The van der Waals surface area contributed by atoms with Gasteiger partial charge in [0.25, 0.3) is 0 Å². The van der Waals surface area contributed by atoms with Crippen LogP contribution in [0, 0.1) is 11.8 Å². The number of rotatable bonds is 10. The molecule has 18 atom stereocenters. The van der Waals surface area contributed by atoms with Gasteiger partial charge in [0.15, 0.2) is 64.3 Å². The molecule has 104 heavy (non-hydrogen) atoms. The fourth-order valence-corrected chi connectivity index (χ4v) is 23.1. The average molecular weight is 1430 g/mol. The number of phenols is 1. The summed E-state index contributed by atoms with van der Waals surface area (Å²) in [5.74, 6) is 3.16. The molecule has 552 valence electrons. The van der Waals surface area contributed by atoms with Crippen LogP contribution in [0.3, 0.4) is 0 Å². The molecule has 6 fully saturated rings. The van der Waals surface area contributed by atoms with Crippen molar-refractivity contribution in [3.05, 3.63) is 117 Å². The molecule has 4 aromatic rings. The Hall–Kier alpha value is -8.17. The Morgan fingerprint density at radius 2 is 1.03 bits per heavy atom. The largest absolute Gasteiger partial charge is 0.514 e. The van der Waals surface area contributed by atoms with Crippen LogP contribution in [0.15, 0.2) is 83.1 Å². The molecular weight excluding hydrogens is 1340 g/mol. The molecule has 4 spiro atoms. The van der Waals surface area contributed by atoms with Gasteiger partial charge in [-0.05, 0) is 205 Å². The van der Waals surface area contributed by atoms with Crippen LogP contribution in [0.2, 0.25) is 0 Å². The van der Waals surface area contributed by atoms with Crippen LogP contribution >= 0.6 is 0 Å². The summed E-state index contributed by atoms with van der Waals surface area (Å²) in [4.78, 5) is 56.6. The first-order chi connectivity index (χ1) is 49.8. The fraction of sp³-hybridized carbons (Fsp3) is 0.582. The van der Waals surface area contributed by atoms with Crippen LogP contribution in [0.5, 0.6) is 46.0 Å². The molecule has 0 amide bonds. The Labute approximate surface area is 603 Å². The van der Waals surface area contributed by atoms with Crippen molar-refractivity contribution in [2.75, 3.05) is 81.8 Å². The Bertz CT molecular complexity index is 4420. The molecule has 4 saturated heterocycles. The van der Waals surface area contributed by atoms with Crippen LogP contribution in [0.1, 0.15) is 117 Å². The first-order valence-electron chi connectivity index (χ1n) is 36.9. The predicted octanol–water partition coefficient (Wildman–Crippen LogP) is 6.36. The summed E-state index contributed by atoms with van der Waals surface area (Å²) in [6.45, 7) is 8.05. The molecule has 8 heterocycles. The highest BCUT2D eigenvalue weighted by Gasteiger charge is 2.75. The maximum Gasteiger partial charge on any atom is 0.514 e. The van der Waals surface area contributed by atoms with Crippen molar-refractivity contribution in [2.24, 2.45) is 22.1 Å². The van der Waals surface area contributed by atoms with Gasteiger partial charge in [-0.25, -0.2) is 14.4 Å². The maximum absolute atomic E-state index is 13.4. The number of likely N-dealkylation sites (N-methyl/N-ethyl adjacent to an activating group) is 4. The highest BCUT2D eigenvalue weighted by molar-refractivity contribution is 5.95. The highest BCUT2D eigenvalue weighted by atomic mass is 16.7. The molecule has 25 heteroatoms. The first kappa shape index (κ1) is 67.7. The number of aliphatic carboxylic acids is 1. The smallest absolute Gasteiger partial charge is 0.504 e.